The van der Waals surface area contributed by atoms with Gasteiger partial charge in [0.05, 0.1) is 7.11 Å². The third-order valence-corrected chi connectivity index (χ3v) is 4.59. The molecule has 1 aliphatic heterocycles. The lowest BCUT2D eigenvalue weighted by molar-refractivity contribution is -0.148. The molecule has 0 amide bonds. The van der Waals surface area contributed by atoms with Gasteiger partial charge in [0.1, 0.15) is 5.54 Å². The molecule has 5 heteroatoms. The molecule has 1 N–H and O–H groups in total. The van der Waals surface area contributed by atoms with Gasteiger partial charge in [0.25, 0.3) is 0 Å². The van der Waals surface area contributed by atoms with E-state index in [1.165, 1.54) is 7.11 Å². The minimum absolute atomic E-state index is 0.177. The van der Waals surface area contributed by atoms with Crippen molar-refractivity contribution in [3.05, 3.63) is 0 Å². The molecule has 0 aromatic rings. The lowest BCUT2D eigenvalue weighted by Gasteiger charge is -2.39. The Morgan fingerprint density at radius 2 is 2.15 bits per heavy atom. The van der Waals surface area contributed by atoms with Gasteiger partial charge < -0.3 is 15.0 Å². The Morgan fingerprint density at radius 1 is 1.45 bits per heavy atom. The number of carbonyl (C=O) groups excluding carboxylic acids is 1. The number of nitrogens with zero attached hydrogens (tertiary/aromatic N) is 2. The van der Waals surface area contributed by atoms with Crippen molar-refractivity contribution in [2.45, 2.75) is 45.2 Å². The highest BCUT2D eigenvalue weighted by molar-refractivity contribution is 5.80. The van der Waals surface area contributed by atoms with Crippen molar-refractivity contribution >= 4 is 5.97 Å². The molecule has 1 saturated heterocycles. The molecule has 0 spiro atoms. The van der Waals surface area contributed by atoms with Gasteiger partial charge in [0.2, 0.25) is 0 Å². The number of nitrogens with one attached hydrogen (secondary N) is 1. The minimum atomic E-state index is -0.564. The molecule has 0 aromatic carbocycles. The maximum absolute atomic E-state index is 11.8. The summed E-state index contributed by atoms with van der Waals surface area (Å²) in [6.07, 6.45) is 1.81. The molecular formula is C15H31N3O2. The normalized spacial score (nSPS) is 24.4. The van der Waals surface area contributed by atoms with Crippen molar-refractivity contribution in [3.8, 4) is 0 Å². The van der Waals surface area contributed by atoms with Crippen LogP contribution in [0.4, 0.5) is 0 Å². The van der Waals surface area contributed by atoms with E-state index in [-0.39, 0.29) is 5.97 Å². The first-order chi connectivity index (χ1) is 9.46. The van der Waals surface area contributed by atoms with Gasteiger partial charge in [-0.25, -0.2) is 0 Å². The Balaban J connectivity index is 2.35. The van der Waals surface area contributed by atoms with Crippen molar-refractivity contribution in [2.75, 3.05) is 46.9 Å². The first-order valence-electron chi connectivity index (χ1n) is 7.70. The Kier molecular flexibility index (Phi) is 6.92. The van der Waals surface area contributed by atoms with E-state index in [0.29, 0.717) is 6.04 Å². The summed E-state index contributed by atoms with van der Waals surface area (Å²) in [7, 11) is 3.27. The van der Waals surface area contributed by atoms with E-state index in [0.717, 1.165) is 45.6 Å². The molecule has 1 fully saturated rings. The molecule has 0 aromatic heterocycles. The van der Waals surface area contributed by atoms with E-state index < -0.39 is 5.54 Å². The highest BCUT2D eigenvalue weighted by Gasteiger charge is 2.32. The lowest BCUT2D eigenvalue weighted by Crippen LogP contribution is -2.52. The van der Waals surface area contributed by atoms with E-state index >= 15 is 0 Å². The average Bonchev–Trinajstić information content (AvgIpc) is 2.46. The van der Waals surface area contributed by atoms with Crippen LogP contribution in [0.15, 0.2) is 0 Å². The number of hydrogen-bond acceptors (Lipinski definition) is 5. The Labute approximate surface area is 123 Å². The summed E-state index contributed by atoms with van der Waals surface area (Å²) in [6, 6.07) is 0.630. The van der Waals surface area contributed by atoms with Crippen molar-refractivity contribution in [3.63, 3.8) is 0 Å². The summed E-state index contributed by atoms with van der Waals surface area (Å²) in [6.45, 7) is 12.0. The van der Waals surface area contributed by atoms with Crippen LogP contribution in [0.2, 0.25) is 0 Å². The van der Waals surface area contributed by atoms with Crippen LogP contribution in [0.1, 0.15) is 33.6 Å². The van der Waals surface area contributed by atoms with Crippen LogP contribution in [0, 0.1) is 0 Å². The average molecular weight is 285 g/mol. The van der Waals surface area contributed by atoms with Crippen LogP contribution < -0.4 is 5.32 Å². The second-order valence-corrected chi connectivity index (χ2v) is 5.96. The maximum atomic E-state index is 11.8. The van der Waals surface area contributed by atoms with Gasteiger partial charge in [-0.1, -0.05) is 6.92 Å². The van der Waals surface area contributed by atoms with E-state index in [2.05, 4.69) is 29.0 Å². The molecule has 2 atom stereocenters. The molecule has 5 nitrogen and oxygen atoms in total. The third kappa shape index (κ3) is 4.43. The minimum Gasteiger partial charge on any atom is -0.468 e. The van der Waals surface area contributed by atoms with E-state index in [9.17, 15) is 4.79 Å². The Hall–Kier alpha value is -0.650. The topological polar surface area (TPSA) is 44.8 Å². The first kappa shape index (κ1) is 17.4. The fourth-order valence-corrected chi connectivity index (χ4v) is 2.95. The number of ether oxygens (including phenoxy) is 1. The second kappa shape index (κ2) is 7.96. The molecule has 0 bridgehead atoms. The van der Waals surface area contributed by atoms with Crippen LogP contribution in [0.25, 0.3) is 0 Å². The fraction of sp³-hybridized carbons (Fsp3) is 0.933. The zero-order valence-corrected chi connectivity index (χ0v) is 13.7. The van der Waals surface area contributed by atoms with Gasteiger partial charge in [-0.05, 0) is 46.8 Å². The van der Waals surface area contributed by atoms with E-state index in [1.807, 2.05) is 14.0 Å². The van der Waals surface area contributed by atoms with Crippen molar-refractivity contribution in [1.82, 2.24) is 15.1 Å². The molecule has 1 heterocycles. The first-order valence-corrected chi connectivity index (χ1v) is 7.70. The molecule has 0 radical (unpaired) electrons. The summed E-state index contributed by atoms with van der Waals surface area (Å²) in [4.78, 5) is 16.8. The highest BCUT2D eigenvalue weighted by Crippen LogP contribution is 2.16. The predicted molar refractivity (Wildman–Crippen MR) is 81.9 cm³/mol. The molecule has 118 valence electrons. The van der Waals surface area contributed by atoms with Gasteiger partial charge in [0, 0.05) is 25.7 Å². The predicted octanol–water partition coefficient (Wildman–Crippen LogP) is 0.944. The number of piperazine rings is 1. The number of rotatable bonds is 7. The van der Waals surface area contributed by atoms with E-state index in [4.69, 9.17) is 4.74 Å². The van der Waals surface area contributed by atoms with Crippen molar-refractivity contribution in [2.24, 2.45) is 0 Å². The van der Waals surface area contributed by atoms with Crippen LogP contribution >= 0.6 is 0 Å². The monoisotopic (exact) mass is 285 g/mol. The molecule has 1 aliphatic rings. The molecule has 1 rings (SSSR count). The van der Waals surface area contributed by atoms with Gasteiger partial charge in [-0.2, -0.15) is 0 Å². The number of likely N-dealkylation sites (N-methyl/N-ethyl adjacent to an activating group) is 2. The summed E-state index contributed by atoms with van der Waals surface area (Å²) < 4.78 is 4.87. The number of carbonyl (C=O) groups is 1. The second-order valence-electron chi connectivity index (χ2n) is 5.96. The third-order valence-electron chi connectivity index (χ3n) is 4.59. The summed E-state index contributed by atoms with van der Waals surface area (Å²) in [5.41, 5.74) is -0.564. The number of hydrogen-bond donors (Lipinski definition) is 1. The summed E-state index contributed by atoms with van der Waals surface area (Å²) >= 11 is 0. The van der Waals surface area contributed by atoms with Gasteiger partial charge in [0.15, 0.2) is 0 Å². The maximum Gasteiger partial charge on any atom is 0.325 e. The standard InChI is InChI=1S/C15H31N3O2/c1-6-18-11-10-17(12-13(18)2)9-7-8-15(3,16-4)14(19)20-5/h13,16H,6-12H2,1-5H3. The van der Waals surface area contributed by atoms with Crippen LogP contribution in [0.5, 0.6) is 0 Å². The van der Waals surface area contributed by atoms with Crippen molar-refractivity contribution < 1.29 is 9.53 Å². The highest BCUT2D eigenvalue weighted by atomic mass is 16.5. The quantitative estimate of drug-likeness (QED) is 0.706. The van der Waals surface area contributed by atoms with Crippen LogP contribution in [0.3, 0.4) is 0 Å². The molecule has 2 unspecified atom stereocenters. The fourth-order valence-electron chi connectivity index (χ4n) is 2.95. The summed E-state index contributed by atoms with van der Waals surface area (Å²) in [5.74, 6) is -0.177. The lowest BCUT2D eigenvalue weighted by atomic mass is 9.96. The SMILES string of the molecule is CCN1CCN(CCCC(C)(NC)C(=O)OC)CC1C. The van der Waals surface area contributed by atoms with Crippen molar-refractivity contribution in [1.29, 1.82) is 0 Å². The largest absolute Gasteiger partial charge is 0.468 e. The molecule has 0 aliphatic carbocycles. The Morgan fingerprint density at radius 3 is 2.65 bits per heavy atom. The number of esters is 1. The van der Waals surface area contributed by atoms with Crippen LogP contribution in [-0.4, -0.2) is 74.2 Å². The summed E-state index contributed by atoms with van der Waals surface area (Å²) in [5, 5.41) is 3.09. The smallest absolute Gasteiger partial charge is 0.325 e. The van der Waals surface area contributed by atoms with Crippen LogP contribution in [-0.2, 0) is 9.53 Å². The van der Waals surface area contributed by atoms with Gasteiger partial charge >= 0.3 is 5.97 Å². The molecular weight excluding hydrogens is 254 g/mol. The molecule has 0 saturated carbocycles. The van der Waals surface area contributed by atoms with Gasteiger partial charge in [-0.15, -0.1) is 0 Å². The van der Waals surface area contributed by atoms with Gasteiger partial charge in [-0.3, -0.25) is 9.69 Å². The zero-order chi connectivity index (χ0) is 15.2. The van der Waals surface area contributed by atoms with E-state index in [1.54, 1.807) is 0 Å². The molecule has 20 heavy (non-hydrogen) atoms. The number of methoxy groups -OCH3 is 1. The Bertz CT molecular complexity index is 311. The zero-order valence-electron chi connectivity index (χ0n) is 13.7.